The fraction of sp³-hybridized carbons (Fsp3) is 0.579. The number of amides is 2. The first kappa shape index (κ1) is 19.5. The third-order valence-corrected chi connectivity index (χ3v) is 5.28. The van der Waals surface area contributed by atoms with E-state index in [1.54, 1.807) is 11.8 Å². The number of carbonyl (C=O) groups is 2. The Labute approximate surface area is 157 Å². The minimum Gasteiger partial charge on any atom is -0.450 e. The minimum atomic E-state index is -0.775. The third-order valence-electron chi connectivity index (χ3n) is 5.28. The van der Waals surface area contributed by atoms with Gasteiger partial charge in [-0.1, -0.05) is 0 Å². The molecule has 1 unspecified atom stereocenters. The van der Waals surface area contributed by atoms with Gasteiger partial charge in [0.25, 0.3) is 5.91 Å². The fourth-order valence-electron chi connectivity index (χ4n) is 4.12. The van der Waals surface area contributed by atoms with Gasteiger partial charge in [0.2, 0.25) is 0 Å². The Hall–Kier alpha value is -2.22. The van der Waals surface area contributed by atoms with Crippen molar-refractivity contribution in [3.8, 4) is 0 Å². The lowest BCUT2D eigenvalue weighted by Gasteiger charge is -2.37. The maximum absolute atomic E-state index is 13.2. The lowest BCUT2D eigenvalue weighted by atomic mass is 9.92. The summed E-state index contributed by atoms with van der Waals surface area (Å²) in [6.07, 6.45) is 1.88. The van der Waals surface area contributed by atoms with Gasteiger partial charge in [0.1, 0.15) is 11.6 Å². The number of carbonyl (C=O) groups excluding carboxylic acids is 2. The monoisotopic (exact) mass is 381 g/mol. The topological polar surface area (TPSA) is 70.7 Å². The molecular formula is C19H25F2N3O3. The summed E-state index contributed by atoms with van der Waals surface area (Å²) in [7, 11) is 0. The number of fused-ring (bicyclic) bond motifs is 2. The van der Waals surface area contributed by atoms with E-state index in [0.29, 0.717) is 50.7 Å². The van der Waals surface area contributed by atoms with Crippen molar-refractivity contribution in [2.75, 3.05) is 32.8 Å². The van der Waals surface area contributed by atoms with Gasteiger partial charge in [-0.25, -0.2) is 13.6 Å². The van der Waals surface area contributed by atoms with Crippen LogP contribution in [0, 0.1) is 23.5 Å². The second kappa shape index (κ2) is 8.65. The van der Waals surface area contributed by atoms with Crippen LogP contribution in [-0.2, 0) is 4.74 Å². The van der Waals surface area contributed by atoms with E-state index >= 15 is 0 Å². The standard InChI is InChI=1S/C19H25F2N3O3/c1-2-27-19(26)24-10-12-3-4-13(11-24)17(12)22-5-6-23-18(25)14-7-15(20)9-16(21)8-14/h7-9,12-13,17,22H,2-6,10-11H2,1H3,(H,23,25)/t12-,13+,17?. The van der Waals surface area contributed by atoms with Gasteiger partial charge < -0.3 is 20.3 Å². The lowest BCUT2D eigenvalue weighted by molar-refractivity contribution is 0.0752. The van der Waals surface area contributed by atoms with Gasteiger partial charge in [0.15, 0.2) is 0 Å². The van der Waals surface area contributed by atoms with Crippen molar-refractivity contribution < 1.29 is 23.1 Å². The predicted molar refractivity (Wildman–Crippen MR) is 95.3 cm³/mol. The summed E-state index contributed by atoms with van der Waals surface area (Å²) in [5, 5.41) is 6.13. The summed E-state index contributed by atoms with van der Waals surface area (Å²) in [5.74, 6) is -1.30. The molecular weight excluding hydrogens is 356 g/mol. The summed E-state index contributed by atoms with van der Waals surface area (Å²) >= 11 is 0. The molecule has 2 aliphatic rings. The first-order valence-corrected chi connectivity index (χ1v) is 9.37. The van der Waals surface area contributed by atoms with E-state index in [-0.39, 0.29) is 11.7 Å². The largest absolute Gasteiger partial charge is 0.450 e. The quantitative estimate of drug-likeness (QED) is 0.741. The molecule has 1 aromatic rings. The number of nitrogens with zero attached hydrogens (tertiary/aromatic N) is 1. The van der Waals surface area contributed by atoms with Crippen LogP contribution in [0.25, 0.3) is 0 Å². The van der Waals surface area contributed by atoms with E-state index < -0.39 is 17.5 Å². The first-order valence-electron chi connectivity index (χ1n) is 9.37. The molecule has 0 aromatic heterocycles. The molecule has 2 N–H and O–H groups in total. The zero-order chi connectivity index (χ0) is 19.4. The van der Waals surface area contributed by atoms with Crippen LogP contribution in [0.3, 0.4) is 0 Å². The van der Waals surface area contributed by atoms with Crippen LogP contribution in [-0.4, -0.2) is 55.7 Å². The Morgan fingerprint density at radius 1 is 1.11 bits per heavy atom. The Morgan fingerprint density at radius 3 is 2.33 bits per heavy atom. The highest BCUT2D eigenvalue weighted by Gasteiger charge is 2.43. The van der Waals surface area contributed by atoms with E-state index in [1.807, 2.05) is 0 Å². The van der Waals surface area contributed by atoms with E-state index in [4.69, 9.17) is 4.74 Å². The Bertz CT molecular complexity index is 667. The first-order chi connectivity index (χ1) is 13.0. The van der Waals surface area contributed by atoms with Gasteiger partial charge in [-0.15, -0.1) is 0 Å². The molecule has 1 aromatic carbocycles. The average molecular weight is 381 g/mol. The van der Waals surface area contributed by atoms with Crippen LogP contribution in [0.2, 0.25) is 0 Å². The van der Waals surface area contributed by atoms with E-state index in [9.17, 15) is 18.4 Å². The molecule has 8 heteroatoms. The van der Waals surface area contributed by atoms with E-state index in [0.717, 1.165) is 31.0 Å². The molecule has 1 aliphatic heterocycles. The molecule has 3 rings (SSSR count). The zero-order valence-corrected chi connectivity index (χ0v) is 15.3. The van der Waals surface area contributed by atoms with Crippen molar-refractivity contribution in [2.24, 2.45) is 11.8 Å². The van der Waals surface area contributed by atoms with Gasteiger partial charge in [0, 0.05) is 43.9 Å². The Morgan fingerprint density at radius 2 is 1.74 bits per heavy atom. The van der Waals surface area contributed by atoms with Gasteiger partial charge >= 0.3 is 6.09 Å². The van der Waals surface area contributed by atoms with E-state index in [2.05, 4.69) is 10.6 Å². The van der Waals surface area contributed by atoms with Crippen LogP contribution in [0.5, 0.6) is 0 Å². The molecule has 0 radical (unpaired) electrons. The van der Waals surface area contributed by atoms with Crippen molar-refractivity contribution in [3.05, 3.63) is 35.4 Å². The SMILES string of the molecule is CCOC(=O)N1C[C@H]2CC[C@@H](C1)C2NCCNC(=O)c1cc(F)cc(F)c1. The van der Waals surface area contributed by atoms with E-state index in [1.165, 1.54) is 0 Å². The molecule has 1 heterocycles. The number of hydrogen-bond acceptors (Lipinski definition) is 4. The number of hydrogen-bond donors (Lipinski definition) is 2. The molecule has 1 saturated heterocycles. The van der Waals surface area contributed by atoms with Crippen molar-refractivity contribution in [1.29, 1.82) is 0 Å². The third kappa shape index (κ3) is 4.74. The summed E-state index contributed by atoms with van der Waals surface area (Å²) in [4.78, 5) is 25.7. The number of piperidine rings is 1. The number of benzene rings is 1. The molecule has 6 nitrogen and oxygen atoms in total. The maximum Gasteiger partial charge on any atom is 0.409 e. The van der Waals surface area contributed by atoms with Crippen molar-refractivity contribution in [3.63, 3.8) is 0 Å². The number of ether oxygens (including phenoxy) is 1. The molecule has 1 saturated carbocycles. The highest BCUT2D eigenvalue weighted by molar-refractivity contribution is 5.94. The smallest absolute Gasteiger partial charge is 0.409 e. The molecule has 27 heavy (non-hydrogen) atoms. The summed E-state index contributed by atoms with van der Waals surface area (Å²) in [5.41, 5.74) is -0.0321. The molecule has 3 atom stereocenters. The number of halogens is 2. The second-order valence-corrected chi connectivity index (χ2v) is 7.10. The predicted octanol–water partition coefficient (Wildman–Crippen LogP) is 2.15. The summed E-state index contributed by atoms with van der Waals surface area (Å²) in [6, 6.07) is 3.06. The Kier molecular flexibility index (Phi) is 6.26. The number of nitrogens with one attached hydrogen (secondary N) is 2. The van der Waals surface area contributed by atoms with Gasteiger partial charge in [0.05, 0.1) is 6.61 Å². The summed E-state index contributed by atoms with van der Waals surface area (Å²) < 4.78 is 31.5. The van der Waals surface area contributed by atoms with Crippen LogP contribution in [0.15, 0.2) is 18.2 Å². The normalized spacial score (nSPS) is 24.0. The zero-order valence-electron chi connectivity index (χ0n) is 15.3. The van der Waals surface area contributed by atoms with Crippen LogP contribution in [0.4, 0.5) is 13.6 Å². The minimum absolute atomic E-state index is 0.0321. The molecule has 0 spiro atoms. The summed E-state index contributed by atoms with van der Waals surface area (Å²) in [6.45, 7) is 4.45. The second-order valence-electron chi connectivity index (χ2n) is 7.10. The van der Waals surface area contributed by atoms with Crippen molar-refractivity contribution >= 4 is 12.0 Å². The van der Waals surface area contributed by atoms with Crippen LogP contribution in [0.1, 0.15) is 30.1 Å². The van der Waals surface area contributed by atoms with Gasteiger partial charge in [-0.2, -0.15) is 0 Å². The average Bonchev–Trinajstić information content (AvgIpc) is 2.85. The molecule has 148 valence electrons. The molecule has 2 amide bonds. The van der Waals surface area contributed by atoms with Crippen LogP contribution < -0.4 is 10.6 Å². The highest BCUT2D eigenvalue weighted by atomic mass is 19.1. The maximum atomic E-state index is 13.2. The molecule has 2 fully saturated rings. The lowest BCUT2D eigenvalue weighted by Crippen LogP contribution is -2.53. The molecule has 1 aliphatic carbocycles. The molecule has 2 bridgehead atoms. The highest BCUT2D eigenvalue weighted by Crippen LogP contribution is 2.37. The van der Waals surface area contributed by atoms with Crippen molar-refractivity contribution in [2.45, 2.75) is 25.8 Å². The van der Waals surface area contributed by atoms with Gasteiger partial charge in [-0.05, 0) is 43.7 Å². The van der Waals surface area contributed by atoms with Crippen LogP contribution >= 0.6 is 0 Å². The Balaban J connectivity index is 1.43. The fourth-order valence-corrected chi connectivity index (χ4v) is 4.12. The van der Waals surface area contributed by atoms with Gasteiger partial charge in [-0.3, -0.25) is 4.79 Å². The number of likely N-dealkylation sites (tertiary alicyclic amines) is 1. The number of rotatable bonds is 6. The van der Waals surface area contributed by atoms with Crippen molar-refractivity contribution in [1.82, 2.24) is 15.5 Å².